The van der Waals surface area contributed by atoms with E-state index in [1.54, 1.807) is 18.2 Å². The molecule has 2 atom stereocenters. The molecule has 2 rings (SSSR count). The summed E-state index contributed by atoms with van der Waals surface area (Å²) in [6, 6.07) is 6.32. The van der Waals surface area contributed by atoms with Gasteiger partial charge in [0.25, 0.3) is 0 Å². The summed E-state index contributed by atoms with van der Waals surface area (Å²) in [5, 5.41) is 20.5. The molecular weight excluding hydrogens is 227 g/mol. The topological polar surface area (TPSA) is 116 Å². The van der Waals surface area contributed by atoms with Crippen molar-refractivity contribution in [2.75, 3.05) is 6.54 Å². The zero-order valence-electron chi connectivity index (χ0n) is 8.78. The number of carbonyl (C=O) groups is 1. The number of hydrogen-bond acceptors (Lipinski definition) is 5. The van der Waals surface area contributed by atoms with Crippen LogP contribution in [-0.2, 0) is 4.65 Å². The number of benzene rings is 1. The third kappa shape index (κ3) is 1.77. The van der Waals surface area contributed by atoms with Crippen molar-refractivity contribution >= 4 is 17.8 Å². The summed E-state index contributed by atoms with van der Waals surface area (Å²) in [4.78, 5) is 21.1. The smallest absolute Gasteiger partial charge is 0.356 e. The van der Waals surface area contributed by atoms with E-state index >= 15 is 0 Å². The van der Waals surface area contributed by atoms with Gasteiger partial charge < -0.3 is 20.2 Å². The van der Waals surface area contributed by atoms with Crippen LogP contribution < -0.4 is 11.2 Å². The average Bonchev–Trinajstić information content (AvgIpc) is 2.54. The quantitative estimate of drug-likeness (QED) is 0.411. The molecule has 17 heavy (non-hydrogen) atoms. The van der Waals surface area contributed by atoms with Crippen molar-refractivity contribution in [2.24, 2.45) is 5.73 Å². The van der Waals surface area contributed by atoms with Crippen LogP contribution in [0.1, 0.15) is 11.7 Å². The van der Waals surface area contributed by atoms with Gasteiger partial charge in [-0.3, -0.25) is 10.1 Å². The first-order chi connectivity index (χ1) is 7.95. The van der Waals surface area contributed by atoms with E-state index in [4.69, 9.17) is 10.4 Å². The van der Waals surface area contributed by atoms with Crippen molar-refractivity contribution in [3.63, 3.8) is 0 Å². The van der Waals surface area contributed by atoms with E-state index in [-0.39, 0.29) is 5.46 Å². The molecule has 1 aliphatic rings. The van der Waals surface area contributed by atoms with Crippen LogP contribution in [-0.4, -0.2) is 28.9 Å². The Bertz CT molecular complexity index is 494. The van der Waals surface area contributed by atoms with Crippen LogP contribution in [0.4, 0.5) is 4.79 Å². The molecule has 90 valence electrons. The van der Waals surface area contributed by atoms with Gasteiger partial charge in [-0.1, -0.05) is 24.3 Å². The summed E-state index contributed by atoms with van der Waals surface area (Å²) < 4.78 is 5.09. The summed E-state index contributed by atoms with van der Waals surface area (Å²) in [7, 11) is 0. The molecule has 0 fully saturated rings. The fourth-order valence-corrected chi connectivity index (χ4v) is 2.04. The van der Waals surface area contributed by atoms with Crippen LogP contribution in [0.15, 0.2) is 24.3 Å². The van der Waals surface area contributed by atoms with Crippen molar-refractivity contribution in [1.29, 1.82) is 0 Å². The van der Waals surface area contributed by atoms with Gasteiger partial charge in [-0.05, 0) is 5.56 Å². The molecule has 1 aliphatic heterocycles. The van der Waals surface area contributed by atoms with E-state index in [9.17, 15) is 19.9 Å². The van der Waals surface area contributed by atoms with Gasteiger partial charge in [-0.2, -0.15) is 0 Å². The number of primary amides is 1. The van der Waals surface area contributed by atoms with Crippen molar-refractivity contribution in [3.05, 3.63) is 39.9 Å². The number of amides is 1. The molecular formula is C9H10BN2O5-. The Kier molecular flexibility index (Phi) is 2.60. The number of rotatable bonds is 3. The Morgan fingerprint density at radius 2 is 2.24 bits per heavy atom. The maximum absolute atomic E-state index is 11.2. The highest BCUT2D eigenvalue weighted by Crippen LogP contribution is 2.28. The van der Waals surface area contributed by atoms with E-state index in [2.05, 4.69) is 0 Å². The Hall–Kier alpha value is -1.93. The molecule has 1 aromatic rings. The predicted octanol–water partition coefficient (Wildman–Crippen LogP) is -0.663. The van der Waals surface area contributed by atoms with E-state index in [0.717, 1.165) is 0 Å². The first-order valence-electron chi connectivity index (χ1n) is 5.01. The first-order valence-corrected chi connectivity index (χ1v) is 5.01. The maximum Gasteiger partial charge on any atom is 0.356 e. The number of fused-ring (bicyclic) bond motifs is 1. The molecule has 0 saturated heterocycles. The van der Waals surface area contributed by atoms with Crippen LogP contribution in [0, 0.1) is 10.1 Å². The van der Waals surface area contributed by atoms with Gasteiger partial charge in [0, 0.05) is 4.92 Å². The molecule has 1 amide bonds. The van der Waals surface area contributed by atoms with Gasteiger partial charge in [-0.15, -0.1) is 5.46 Å². The highest BCUT2D eigenvalue weighted by Gasteiger charge is 2.44. The molecule has 0 saturated carbocycles. The summed E-state index contributed by atoms with van der Waals surface area (Å²) in [6.07, 6.45) is -0.946. The molecule has 8 heteroatoms. The zero-order valence-corrected chi connectivity index (χ0v) is 8.78. The lowest BCUT2D eigenvalue weighted by Crippen LogP contribution is -2.58. The second-order valence-corrected chi connectivity index (χ2v) is 3.91. The Morgan fingerprint density at radius 1 is 1.59 bits per heavy atom. The lowest BCUT2D eigenvalue weighted by atomic mass is 9.52. The van der Waals surface area contributed by atoms with Crippen molar-refractivity contribution in [3.8, 4) is 0 Å². The van der Waals surface area contributed by atoms with E-state index < -0.39 is 29.9 Å². The maximum atomic E-state index is 11.2. The lowest BCUT2D eigenvalue weighted by Gasteiger charge is -2.27. The minimum Gasteiger partial charge on any atom is -0.573 e. The Balaban J connectivity index is 2.46. The van der Waals surface area contributed by atoms with Crippen LogP contribution in [0.5, 0.6) is 0 Å². The Labute approximate surface area is 96.3 Å². The number of hydrogen-bond donors (Lipinski definition) is 2. The number of nitrogens with zero attached hydrogens (tertiary/aromatic N) is 1. The predicted molar refractivity (Wildman–Crippen MR) is 59.3 cm³/mol. The zero-order chi connectivity index (χ0) is 12.6. The minimum atomic E-state index is -3.00. The molecule has 7 nitrogen and oxygen atoms in total. The third-order valence-electron chi connectivity index (χ3n) is 2.83. The average molecular weight is 237 g/mol. The molecule has 0 aliphatic carbocycles. The van der Waals surface area contributed by atoms with E-state index in [1.165, 1.54) is 6.07 Å². The van der Waals surface area contributed by atoms with Crippen LogP contribution in [0.2, 0.25) is 0 Å². The van der Waals surface area contributed by atoms with Gasteiger partial charge in [-0.25, -0.2) is 0 Å². The molecule has 0 spiro atoms. The fourth-order valence-electron chi connectivity index (χ4n) is 2.04. The van der Waals surface area contributed by atoms with Crippen LogP contribution in [0.3, 0.4) is 0 Å². The largest absolute Gasteiger partial charge is 0.573 e. The van der Waals surface area contributed by atoms with Crippen molar-refractivity contribution in [1.82, 2.24) is 0 Å². The van der Waals surface area contributed by atoms with Crippen LogP contribution in [0.25, 0.3) is 0 Å². The molecule has 0 aromatic heterocycles. The lowest BCUT2D eigenvalue weighted by molar-refractivity contribution is -0.490. The second-order valence-electron chi connectivity index (χ2n) is 3.91. The standard InChI is InChI=1S/C9H10BN2O5/c11-9(13)10(14)7-4-2-1-3-6(7)8(17-10)5-12(15)16/h1-4,8,14H,5H2,(H2,11,13)/q-1. The molecule has 1 aromatic carbocycles. The number of carbonyl (C=O) groups excluding carboxylic acids is 1. The van der Waals surface area contributed by atoms with Crippen LogP contribution >= 0.6 is 0 Å². The Morgan fingerprint density at radius 3 is 2.82 bits per heavy atom. The molecule has 0 bridgehead atoms. The van der Waals surface area contributed by atoms with Gasteiger partial charge in [0.2, 0.25) is 6.54 Å². The van der Waals surface area contributed by atoms with E-state index in [1.807, 2.05) is 0 Å². The monoisotopic (exact) mass is 237 g/mol. The third-order valence-corrected chi connectivity index (χ3v) is 2.83. The highest BCUT2D eigenvalue weighted by molar-refractivity contribution is 7.05. The number of nitro groups is 1. The van der Waals surface area contributed by atoms with Gasteiger partial charge in [0.1, 0.15) is 11.9 Å². The highest BCUT2D eigenvalue weighted by atomic mass is 16.6. The first kappa shape index (κ1) is 11.6. The molecule has 2 unspecified atom stereocenters. The molecule has 3 N–H and O–H groups in total. The summed E-state index contributed by atoms with van der Waals surface area (Å²) in [5.74, 6) is -1.02. The normalized spacial score (nSPS) is 26.5. The van der Waals surface area contributed by atoms with Gasteiger partial charge >= 0.3 is 6.55 Å². The molecule has 0 radical (unpaired) electrons. The van der Waals surface area contributed by atoms with E-state index in [0.29, 0.717) is 5.56 Å². The SMILES string of the molecule is NC(=O)[B-]1(O)OC(C[N+](=O)[O-])c2ccccc21. The van der Waals surface area contributed by atoms with Crippen molar-refractivity contribution in [2.45, 2.75) is 6.10 Å². The number of nitrogens with two attached hydrogens (primary N) is 1. The van der Waals surface area contributed by atoms with Crippen molar-refractivity contribution < 1.29 is 19.4 Å². The fraction of sp³-hybridized carbons (Fsp3) is 0.222. The summed E-state index contributed by atoms with van der Waals surface area (Å²) in [6.45, 7) is -3.52. The van der Waals surface area contributed by atoms with Gasteiger partial charge in [0.05, 0.1) is 0 Å². The molecule has 1 heterocycles. The van der Waals surface area contributed by atoms with Gasteiger partial charge in [0.15, 0.2) is 0 Å². The summed E-state index contributed by atoms with van der Waals surface area (Å²) in [5.41, 5.74) is 5.75. The summed E-state index contributed by atoms with van der Waals surface area (Å²) >= 11 is 0. The second kappa shape index (κ2) is 3.83. The minimum absolute atomic E-state index is 0.229.